The first-order valence-corrected chi connectivity index (χ1v) is 5.87. The lowest BCUT2D eigenvalue weighted by Gasteiger charge is -2.12. The monoisotopic (exact) mass is 245 g/mol. The summed E-state index contributed by atoms with van der Waals surface area (Å²) in [5.41, 5.74) is 1.58. The third kappa shape index (κ3) is 1.79. The second kappa shape index (κ2) is 4.29. The van der Waals surface area contributed by atoms with Crippen LogP contribution in [0.15, 0.2) is 41.0 Å². The number of hydrogen-bond donors (Lipinski definition) is 1. The second-order valence-electron chi connectivity index (χ2n) is 4.35. The normalized spacial score (nSPS) is 17.5. The second-order valence-corrected chi connectivity index (χ2v) is 4.35. The van der Waals surface area contributed by atoms with Crippen molar-refractivity contribution < 1.29 is 13.6 Å². The van der Waals surface area contributed by atoms with Gasteiger partial charge in [0.1, 0.15) is 5.82 Å². The van der Waals surface area contributed by atoms with Gasteiger partial charge in [0, 0.05) is 0 Å². The predicted octanol–water partition coefficient (Wildman–Crippen LogP) is 2.84. The van der Waals surface area contributed by atoms with Crippen molar-refractivity contribution in [1.82, 2.24) is 5.32 Å². The summed E-state index contributed by atoms with van der Waals surface area (Å²) in [4.78, 5) is 11.9. The van der Waals surface area contributed by atoms with Gasteiger partial charge in [-0.15, -0.1) is 0 Å². The topological polar surface area (TPSA) is 42.2 Å². The van der Waals surface area contributed by atoms with Gasteiger partial charge in [0.25, 0.3) is 5.91 Å². The minimum absolute atomic E-state index is 0.131. The molecule has 4 heteroatoms. The molecule has 2 aromatic rings. The Morgan fingerprint density at radius 3 is 3.00 bits per heavy atom. The molecule has 1 aliphatic carbocycles. The van der Waals surface area contributed by atoms with E-state index in [1.165, 1.54) is 12.3 Å². The number of furan rings is 1. The quantitative estimate of drug-likeness (QED) is 0.884. The van der Waals surface area contributed by atoms with Gasteiger partial charge in [0.05, 0.1) is 12.3 Å². The molecule has 92 valence electrons. The summed E-state index contributed by atoms with van der Waals surface area (Å²) >= 11 is 0. The third-order valence-corrected chi connectivity index (χ3v) is 3.26. The molecular formula is C14H12FNO2. The van der Waals surface area contributed by atoms with Crippen LogP contribution in [0.25, 0.3) is 0 Å². The van der Waals surface area contributed by atoms with Crippen LogP contribution in [-0.4, -0.2) is 5.91 Å². The molecule has 1 aliphatic rings. The van der Waals surface area contributed by atoms with Gasteiger partial charge in [-0.1, -0.05) is 12.1 Å². The number of fused-ring (bicyclic) bond motifs is 1. The van der Waals surface area contributed by atoms with Crippen molar-refractivity contribution in [3.05, 3.63) is 59.3 Å². The van der Waals surface area contributed by atoms with E-state index in [1.807, 2.05) is 6.07 Å². The Labute approximate surface area is 104 Å². The lowest BCUT2D eigenvalue weighted by Crippen LogP contribution is -2.26. The molecule has 1 N–H and O–H groups in total. The lowest BCUT2D eigenvalue weighted by atomic mass is 10.1. The molecule has 1 unspecified atom stereocenters. The van der Waals surface area contributed by atoms with E-state index < -0.39 is 0 Å². The highest BCUT2D eigenvalue weighted by molar-refractivity contribution is 5.91. The first-order chi connectivity index (χ1) is 8.75. The molecule has 0 bridgehead atoms. The highest BCUT2D eigenvalue weighted by Gasteiger charge is 2.26. The SMILES string of the molecule is O=C(NC1CCc2c(F)cccc21)c1ccco1. The summed E-state index contributed by atoms with van der Waals surface area (Å²) in [6.07, 6.45) is 2.84. The Kier molecular flexibility index (Phi) is 2.63. The van der Waals surface area contributed by atoms with Gasteiger partial charge in [-0.3, -0.25) is 4.79 Å². The fourth-order valence-electron chi connectivity index (χ4n) is 2.40. The van der Waals surface area contributed by atoms with E-state index in [4.69, 9.17) is 4.42 Å². The largest absolute Gasteiger partial charge is 0.459 e. The smallest absolute Gasteiger partial charge is 0.287 e. The molecule has 3 nitrogen and oxygen atoms in total. The number of halogens is 1. The number of hydrogen-bond acceptors (Lipinski definition) is 2. The van der Waals surface area contributed by atoms with Crippen LogP contribution in [-0.2, 0) is 6.42 Å². The molecule has 0 radical (unpaired) electrons. The van der Waals surface area contributed by atoms with Gasteiger partial charge in [-0.25, -0.2) is 4.39 Å². The Hall–Kier alpha value is -2.10. The Morgan fingerprint density at radius 1 is 1.33 bits per heavy atom. The zero-order chi connectivity index (χ0) is 12.5. The molecule has 1 amide bonds. The van der Waals surface area contributed by atoms with Crippen LogP contribution < -0.4 is 5.32 Å². The van der Waals surface area contributed by atoms with Crippen LogP contribution in [0, 0.1) is 5.82 Å². The Morgan fingerprint density at radius 2 is 2.22 bits per heavy atom. The lowest BCUT2D eigenvalue weighted by molar-refractivity contribution is 0.0908. The van der Waals surface area contributed by atoms with Crippen molar-refractivity contribution in [2.24, 2.45) is 0 Å². The van der Waals surface area contributed by atoms with Gasteiger partial charge in [-0.05, 0) is 42.2 Å². The van der Waals surface area contributed by atoms with Gasteiger partial charge >= 0.3 is 0 Å². The number of rotatable bonds is 2. The maximum Gasteiger partial charge on any atom is 0.287 e. The zero-order valence-electron chi connectivity index (χ0n) is 9.65. The summed E-state index contributed by atoms with van der Waals surface area (Å²) < 4.78 is 18.6. The number of carbonyl (C=O) groups is 1. The van der Waals surface area contributed by atoms with Crippen LogP contribution in [0.4, 0.5) is 4.39 Å². The number of nitrogens with one attached hydrogen (secondary N) is 1. The van der Waals surface area contributed by atoms with E-state index in [-0.39, 0.29) is 23.5 Å². The summed E-state index contributed by atoms with van der Waals surface area (Å²) in [6, 6.07) is 8.13. The molecule has 0 fully saturated rings. The molecule has 0 spiro atoms. The summed E-state index contributed by atoms with van der Waals surface area (Å²) in [5.74, 6) is -0.177. The molecule has 0 saturated heterocycles. The summed E-state index contributed by atoms with van der Waals surface area (Å²) in [5, 5.41) is 2.87. The minimum Gasteiger partial charge on any atom is -0.459 e. The van der Waals surface area contributed by atoms with Crippen molar-refractivity contribution in [2.45, 2.75) is 18.9 Å². The first-order valence-electron chi connectivity index (χ1n) is 5.87. The van der Waals surface area contributed by atoms with E-state index in [0.29, 0.717) is 12.0 Å². The maximum absolute atomic E-state index is 13.5. The predicted molar refractivity (Wildman–Crippen MR) is 63.6 cm³/mol. The standard InChI is InChI=1S/C14H12FNO2/c15-11-4-1-3-10-9(11)6-7-12(10)16-14(17)13-5-2-8-18-13/h1-5,8,12H,6-7H2,(H,16,17). The first kappa shape index (κ1) is 11.0. The van der Waals surface area contributed by atoms with Crippen molar-refractivity contribution >= 4 is 5.91 Å². The highest BCUT2D eigenvalue weighted by atomic mass is 19.1. The maximum atomic E-state index is 13.5. The zero-order valence-corrected chi connectivity index (χ0v) is 9.65. The van der Waals surface area contributed by atoms with E-state index in [1.54, 1.807) is 18.2 Å². The molecule has 1 atom stereocenters. The van der Waals surface area contributed by atoms with Crippen molar-refractivity contribution in [3.8, 4) is 0 Å². The molecule has 3 rings (SSSR count). The van der Waals surface area contributed by atoms with Crippen molar-refractivity contribution in [3.63, 3.8) is 0 Å². The number of amides is 1. The van der Waals surface area contributed by atoms with Gasteiger partial charge in [0.2, 0.25) is 0 Å². The van der Waals surface area contributed by atoms with Crippen molar-refractivity contribution in [1.29, 1.82) is 0 Å². The molecular weight excluding hydrogens is 233 g/mol. The van der Waals surface area contributed by atoms with Gasteiger partial charge < -0.3 is 9.73 Å². The fourth-order valence-corrected chi connectivity index (χ4v) is 2.40. The highest BCUT2D eigenvalue weighted by Crippen LogP contribution is 2.32. The molecule has 0 aliphatic heterocycles. The number of benzene rings is 1. The molecule has 1 aromatic heterocycles. The average Bonchev–Trinajstić information content (AvgIpc) is 2.99. The summed E-state index contributed by atoms with van der Waals surface area (Å²) in [7, 11) is 0. The van der Waals surface area contributed by atoms with Crippen LogP contribution in [0.3, 0.4) is 0 Å². The van der Waals surface area contributed by atoms with Gasteiger partial charge in [-0.2, -0.15) is 0 Å². The molecule has 18 heavy (non-hydrogen) atoms. The van der Waals surface area contributed by atoms with Gasteiger partial charge in [0.15, 0.2) is 5.76 Å². The Balaban J connectivity index is 1.81. The van der Waals surface area contributed by atoms with E-state index in [9.17, 15) is 9.18 Å². The third-order valence-electron chi connectivity index (χ3n) is 3.26. The van der Waals surface area contributed by atoms with E-state index >= 15 is 0 Å². The molecule has 0 saturated carbocycles. The van der Waals surface area contributed by atoms with Crippen LogP contribution in [0.5, 0.6) is 0 Å². The summed E-state index contributed by atoms with van der Waals surface area (Å²) in [6.45, 7) is 0. The molecule has 1 heterocycles. The van der Waals surface area contributed by atoms with E-state index in [0.717, 1.165) is 12.0 Å². The van der Waals surface area contributed by atoms with Crippen LogP contribution in [0.1, 0.15) is 34.1 Å². The van der Waals surface area contributed by atoms with Crippen LogP contribution in [0.2, 0.25) is 0 Å². The number of carbonyl (C=O) groups excluding carboxylic acids is 1. The Bertz CT molecular complexity index is 577. The minimum atomic E-state index is -0.262. The van der Waals surface area contributed by atoms with E-state index in [2.05, 4.69) is 5.32 Å². The van der Waals surface area contributed by atoms with Crippen LogP contribution >= 0.6 is 0 Å². The average molecular weight is 245 g/mol. The molecule has 1 aromatic carbocycles. The fraction of sp³-hybridized carbons (Fsp3) is 0.214. The van der Waals surface area contributed by atoms with Crippen molar-refractivity contribution in [2.75, 3.05) is 0 Å².